The number of nitrogens with two attached hydrogens (primary N) is 1. The van der Waals surface area contributed by atoms with Crippen molar-refractivity contribution in [2.45, 2.75) is 0 Å². The molecule has 0 saturated heterocycles. The highest BCUT2D eigenvalue weighted by Crippen LogP contribution is 2.26. The van der Waals surface area contributed by atoms with Crippen LogP contribution in [-0.2, 0) is 0 Å². The molecule has 0 fully saturated rings. The van der Waals surface area contributed by atoms with Crippen LogP contribution in [0.4, 0.5) is 0 Å². The minimum Gasteiger partial charge on any atom is -0.507 e. The maximum Gasteiger partial charge on any atom is 0.252 e. The van der Waals surface area contributed by atoms with Gasteiger partial charge in [-0.3, -0.25) is 9.79 Å². The molecule has 0 radical (unpaired) electrons. The molecule has 0 aliphatic rings. The lowest BCUT2D eigenvalue weighted by atomic mass is 10.1. The number of aromatic hydroxyl groups is 1. The van der Waals surface area contributed by atoms with Crippen molar-refractivity contribution in [3.63, 3.8) is 0 Å². The first kappa shape index (κ1) is 18.1. The molecule has 2 aromatic carbocycles. The van der Waals surface area contributed by atoms with Gasteiger partial charge in [-0.25, -0.2) is 4.68 Å². The van der Waals surface area contributed by atoms with Crippen LogP contribution < -0.4 is 10.5 Å². The van der Waals surface area contributed by atoms with Gasteiger partial charge in [0.05, 0.1) is 29.1 Å². The highest BCUT2D eigenvalue weighted by Gasteiger charge is 2.13. The van der Waals surface area contributed by atoms with E-state index in [2.05, 4.69) is 16.2 Å². The number of thiazole rings is 1. The Morgan fingerprint density at radius 3 is 2.67 bits per heavy atom. The number of carbonyl (C=O) groups is 1. The highest BCUT2D eigenvalue weighted by atomic mass is 32.1. The number of primary amides is 1. The largest absolute Gasteiger partial charge is 0.507 e. The van der Waals surface area contributed by atoms with E-state index in [1.54, 1.807) is 48.3 Å². The van der Waals surface area contributed by atoms with Crippen LogP contribution in [-0.4, -0.2) is 29.0 Å². The van der Waals surface area contributed by atoms with Crippen molar-refractivity contribution in [3.8, 4) is 23.1 Å². The van der Waals surface area contributed by atoms with Crippen molar-refractivity contribution in [1.82, 2.24) is 4.68 Å². The van der Waals surface area contributed by atoms with Crippen LogP contribution in [0.3, 0.4) is 0 Å². The third-order valence-corrected chi connectivity index (χ3v) is 4.70. The number of carbonyl (C=O) groups excluding carboxylic acids is 1. The van der Waals surface area contributed by atoms with Gasteiger partial charge in [-0.1, -0.05) is 12.1 Å². The summed E-state index contributed by atoms with van der Waals surface area (Å²) in [5, 5.41) is 25.0. The number of amides is 1. The van der Waals surface area contributed by atoms with Gasteiger partial charge < -0.3 is 10.8 Å². The molecule has 134 valence electrons. The average molecular weight is 377 g/mol. The second-order valence-corrected chi connectivity index (χ2v) is 6.35. The third kappa shape index (κ3) is 3.78. The van der Waals surface area contributed by atoms with E-state index in [-0.39, 0.29) is 11.3 Å². The minimum absolute atomic E-state index is 0.0382. The van der Waals surface area contributed by atoms with E-state index in [9.17, 15) is 9.90 Å². The first-order valence-electron chi connectivity index (χ1n) is 7.84. The molecule has 3 N–H and O–H groups in total. The fourth-order valence-corrected chi connectivity index (χ4v) is 3.23. The van der Waals surface area contributed by atoms with Crippen molar-refractivity contribution in [2.75, 3.05) is 7.05 Å². The van der Waals surface area contributed by atoms with Crippen molar-refractivity contribution < 1.29 is 9.90 Å². The Morgan fingerprint density at radius 2 is 2.04 bits per heavy atom. The predicted molar refractivity (Wildman–Crippen MR) is 104 cm³/mol. The van der Waals surface area contributed by atoms with Gasteiger partial charge in [0.25, 0.3) is 5.91 Å². The summed E-state index contributed by atoms with van der Waals surface area (Å²) in [4.78, 5) is 16.4. The van der Waals surface area contributed by atoms with Crippen LogP contribution in [0.2, 0.25) is 0 Å². The zero-order valence-corrected chi connectivity index (χ0v) is 15.1. The fourth-order valence-electron chi connectivity index (χ4n) is 2.42. The average Bonchev–Trinajstić information content (AvgIpc) is 3.09. The molecular weight excluding hydrogens is 362 g/mol. The van der Waals surface area contributed by atoms with E-state index in [4.69, 9.17) is 11.0 Å². The molecule has 0 saturated carbocycles. The van der Waals surface area contributed by atoms with E-state index >= 15 is 0 Å². The maximum atomic E-state index is 11.5. The van der Waals surface area contributed by atoms with Gasteiger partial charge in [-0.15, -0.1) is 11.3 Å². The summed E-state index contributed by atoms with van der Waals surface area (Å²) in [6.45, 7) is 0. The van der Waals surface area contributed by atoms with Gasteiger partial charge in [0, 0.05) is 18.0 Å². The Bertz CT molecular complexity index is 1130. The van der Waals surface area contributed by atoms with E-state index in [0.717, 1.165) is 5.56 Å². The van der Waals surface area contributed by atoms with Crippen molar-refractivity contribution in [3.05, 3.63) is 69.3 Å². The second kappa shape index (κ2) is 7.68. The molecule has 0 unspecified atom stereocenters. The smallest absolute Gasteiger partial charge is 0.252 e. The number of nitrogens with zero attached hydrogens (tertiary/aromatic N) is 4. The summed E-state index contributed by atoms with van der Waals surface area (Å²) >= 11 is 1.39. The zero-order chi connectivity index (χ0) is 19.4. The molecule has 1 heterocycles. The number of hydrogen-bond donors (Lipinski definition) is 2. The van der Waals surface area contributed by atoms with Crippen LogP contribution in [0.25, 0.3) is 11.3 Å². The van der Waals surface area contributed by atoms with Crippen LogP contribution >= 0.6 is 11.3 Å². The molecule has 0 aliphatic heterocycles. The normalized spacial score (nSPS) is 11.6. The molecule has 3 aromatic rings. The summed E-state index contributed by atoms with van der Waals surface area (Å²) in [6.07, 6.45) is 1.65. The lowest BCUT2D eigenvalue weighted by Gasteiger charge is -2.06. The SMILES string of the molecule is CN=c1scc(-c2ccc(O)c(C(N)=O)c2)n1/N=C\c1ccc(C#N)cc1. The summed E-state index contributed by atoms with van der Waals surface area (Å²) in [5.74, 6) is -0.882. The zero-order valence-electron chi connectivity index (χ0n) is 14.3. The molecule has 0 spiro atoms. The summed E-state index contributed by atoms with van der Waals surface area (Å²) in [6, 6.07) is 13.7. The van der Waals surface area contributed by atoms with Gasteiger partial charge in [0.1, 0.15) is 5.75 Å². The molecule has 3 rings (SSSR count). The number of rotatable bonds is 4. The van der Waals surface area contributed by atoms with Crippen molar-refractivity contribution >= 4 is 23.5 Å². The number of hydrogen-bond acceptors (Lipinski definition) is 6. The van der Waals surface area contributed by atoms with Gasteiger partial charge in [0.2, 0.25) is 4.80 Å². The maximum absolute atomic E-state index is 11.5. The molecule has 27 heavy (non-hydrogen) atoms. The van der Waals surface area contributed by atoms with Gasteiger partial charge in [-0.05, 0) is 35.9 Å². The first-order valence-corrected chi connectivity index (χ1v) is 8.72. The standard InChI is InChI=1S/C19H15N5O2S/c1-22-19-24(23-10-13-4-2-12(9-20)3-5-13)16(11-27-19)14-6-7-17(25)15(8-14)18(21)26/h2-8,10-11,25H,1H3,(H2,21,26)/b22-19?,23-10-. The number of aromatic nitrogens is 1. The van der Waals surface area contributed by atoms with Crippen molar-refractivity contribution in [2.24, 2.45) is 15.8 Å². The minimum atomic E-state index is -0.711. The topological polar surface area (TPSA) is 117 Å². The van der Waals surface area contributed by atoms with E-state index in [1.807, 2.05) is 5.38 Å². The van der Waals surface area contributed by atoms with E-state index in [0.29, 0.717) is 21.6 Å². The summed E-state index contributed by atoms with van der Waals surface area (Å²) in [7, 11) is 1.66. The molecule has 8 heteroatoms. The molecule has 1 amide bonds. The Kier molecular flexibility index (Phi) is 5.15. The Labute approximate surface area is 159 Å². The lowest BCUT2D eigenvalue weighted by molar-refractivity contribution is 0.0998. The van der Waals surface area contributed by atoms with Crippen LogP contribution in [0.15, 0.2) is 57.9 Å². The number of benzene rings is 2. The number of nitriles is 1. The van der Waals surface area contributed by atoms with Gasteiger partial charge in [0.15, 0.2) is 0 Å². The monoisotopic (exact) mass is 377 g/mol. The first-order chi connectivity index (χ1) is 13.0. The van der Waals surface area contributed by atoms with E-state index in [1.165, 1.54) is 23.5 Å². The number of phenols is 1. The summed E-state index contributed by atoms with van der Waals surface area (Å²) in [5.41, 5.74) is 8.12. The fraction of sp³-hybridized carbons (Fsp3) is 0.0526. The third-order valence-electron chi connectivity index (χ3n) is 3.80. The highest BCUT2D eigenvalue weighted by molar-refractivity contribution is 7.07. The Balaban J connectivity index is 2.06. The van der Waals surface area contributed by atoms with Gasteiger partial charge in [-0.2, -0.15) is 10.4 Å². The molecule has 0 aliphatic carbocycles. The van der Waals surface area contributed by atoms with Crippen molar-refractivity contribution in [1.29, 1.82) is 5.26 Å². The second-order valence-electron chi connectivity index (χ2n) is 5.51. The summed E-state index contributed by atoms with van der Waals surface area (Å²) < 4.78 is 1.64. The van der Waals surface area contributed by atoms with Crippen LogP contribution in [0.1, 0.15) is 21.5 Å². The lowest BCUT2D eigenvalue weighted by Crippen LogP contribution is -2.13. The van der Waals surface area contributed by atoms with E-state index < -0.39 is 5.91 Å². The predicted octanol–water partition coefficient (Wildman–Crippen LogP) is 2.31. The molecule has 1 aromatic heterocycles. The molecule has 7 nitrogen and oxygen atoms in total. The quantitative estimate of drug-likeness (QED) is 0.679. The Morgan fingerprint density at radius 1 is 1.30 bits per heavy atom. The molecule has 0 atom stereocenters. The van der Waals surface area contributed by atoms with Crippen LogP contribution in [0, 0.1) is 11.3 Å². The molecular formula is C19H15N5O2S. The Hall–Kier alpha value is -3.70. The molecule has 0 bridgehead atoms. The van der Waals surface area contributed by atoms with Gasteiger partial charge >= 0.3 is 0 Å². The van der Waals surface area contributed by atoms with Crippen LogP contribution in [0.5, 0.6) is 5.75 Å².